The molecule has 11 nitrogen and oxygen atoms in total. The molecule has 0 bridgehead atoms. The number of nitrogens with one attached hydrogen (secondary N) is 2. The number of hydrogen-bond donors (Lipinski definition) is 3. The molecule has 0 aliphatic carbocycles. The molecular formula is C29H34N4O7. The fourth-order valence-corrected chi connectivity index (χ4v) is 5.00. The van der Waals surface area contributed by atoms with E-state index >= 15 is 0 Å². The van der Waals surface area contributed by atoms with Crippen LogP contribution in [0.2, 0.25) is 0 Å². The molecule has 2 atom stereocenters. The highest BCUT2D eigenvalue weighted by Crippen LogP contribution is 2.27. The van der Waals surface area contributed by atoms with Crippen LogP contribution >= 0.6 is 0 Å². The van der Waals surface area contributed by atoms with Crippen molar-refractivity contribution in [2.24, 2.45) is 0 Å². The van der Waals surface area contributed by atoms with Crippen molar-refractivity contribution in [2.75, 3.05) is 23.7 Å². The van der Waals surface area contributed by atoms with Gasteiger partial charge in [-0.05, 0) is 70.7 Å². The van der Waals surface area contributed by atoms with Gasteiger partial charge in [0, 0.05) is 13.1 Å². The second-order valence-electron chi connectivity index (χ2n) is 10.9. The van der Waals surface area contributed by atoms with E-state index in [9.17, 15) is 29.1 Å². The zero-order valence-electron chi connectivity index (χ0n) is 22.8. The highest BCUT2D eigenvalue weighted by molar-refractivity contribution is 6.08. The van der Waals surface area contributed by atoms with E-state index in [0.29, 0.717) is 38.8 Å². The minimum absolute atomic E-state index is 0.0490. The number of hydrogen-bond acceptors (Lipinski definition) is 6. The zero-order valence-corrected chi connectivity index (χ0v) is 22.8. The first kappa shape index (κ1) is 28.6. The number of para-hydroxylation sites is 2. The number of carbonyl (C=O) groups is 5. The standard InChI is InChI=1S/C29H34N4O7/c1-29(2,3)40-28(39)33-17-9-15-23(33)25(35)30-20-12-6-4-10-18(20)26(36)32-16-8-14-22(32)24(34)31-21-13-7-5-11-19(21)27(37)38/h4-7,10-13,22-23H,8-9,14-17H2,1-3H3,(H,30,35)(H,31,34)(H,37,38)/t22-,23-/m0/s1. The van der Waals surface area contributed by atoms with Gasteiger partial charge >= 0.3 is 12.1 Å². The number of anilines is 2. The second-order valence-corrected chi connectivity index (χ2v) is 10.9. The Morgan fingerprint density at radius 2 is 1.25 bits per heavy atom. The summed E-state index contributed by atoms with van der Waals surface area (Å²) in [5.74, 6) is -2.52. The van der Waals surface area contributed by atoms with Gasteiger partial charge in [-0.1, -0.05) is 24.3 Å². The van der Waals surface area contributed by atoms with E-state index in [0.717, 1.165) is 0 Å². The number of carbonyl (C=O) groups excluding carboxylic acids is 4. The Balaban J connectivity index is 1.49. The molecule has 2 aliphatic rings. The van der Waals surface area contributed by atoms with Crippen LogP contribution in [0, 0.1) is 0 Å². The molecule has 2 saturated heterocycles. The van der Waals surface area contributed by atoms with Crippen molar-refractivity contribution in [1.29, 1.82) is 0 Å². The first-order valence-corrected chi connectivity index (χ1v) is 13.3. The number of benzene rings is 2. The molecular weight excluding hydrogens is 516 g/mol. The predicted octanol–water partition coefficient (Wildman–Crippen LogP) is 3.97. The molecule has 4 amide bonds. The number of amides is 4. The van der Waals surface area contributed by atoms with Crippen molar-refractivity contribution >= 4 is 41.2 Å². The highest BCUT2D eigenvalue weighted by Gasteiger charge is 2.38. The summed E-state index contributed by atoms with van der Waals surface area (Å²) in [5.41, 5.74) is -0.113. The third kappa shape index (κ3) is 6.41. The second kappa shape index (κ2) is 11.8. The van der Waals surface area contributed by atoms with Crippen molar-refractivity contribution in [3.8, 4) is 0 Å². The Hall–Kier alpha value is -4.41. The van der Waals surface area contributed by atoms with Crippen molar-refractivity contribution < 1.29 is 33.8 Å². The largest absolute Gasteiger partial charge is 0.478 e. The van der Waals surface area contributed by atoms with Gasteiger partial charge in [-0.25, -0.2) is 9.59 Å². The molecule has 0 saturated carbocycles. The van der Waals surface area contributed by atoms with E-state index < -0.39 is 47.5 Å². The summed E-state index contributed by atoms with van der Waals surface area (Å²) >= 11 is 0. The summed E-state index contributed by atoms with van der Waals surface area (Å²) in [6, 6.07) is 11.1. The van der Waals surface area contributed by atoms with Gasteiger partial charge in [-0.2, -0.15) is 0 Å². The third-order valence-electron chi connectivity index (χ3n) is 6.83. The first-order valence-electron chi connectivity index (χ1n) is 13.3. The quantitative estimate of drug-likeness (QED) is 0.493. The Bertz CT molecular complexity index is 1320. The minimum atomic E-state index is -1.17. The number of likely N-dealkylation sites (tertiary alicyclic amines) is 2. The number of rotatable bonds is 6. The van der Waals surface area contributed by atoms with E-state index in [1.54, 1.807) is 57.2 Å². The number of aromatic carboxylic acids is 1. The summed E-state index contributed by atoms with van der Waals surface area (Å²) in [6.45, 7) is 6.00. The maximum Gasteiger partial charge on any atom is 0.410 e. The summed E-state index contributed by atoms with van der Waals surface area (Å²) in [4.78, 5) is 67.1. The minimum Gasteiger partial charge on any atom is -0.478 e. The van der Waals surface area contributed by atoms with Gasteiger partial charge in [0.05, 0.1) is 22.5 Å². The van der Waals surface area contributed by atoms with Crippen molar-refractivity contribution in [3.05, 3.63) is 59.7 Å². The lowest BCUT2D eigenvalue weighted by atomic mass is 10.1. The van der Waals surface area contributed by atoms with Gasteiger partial charge in [-0.15, -0.1) is 0 Å². The predicted molar refractivity (Wildman–Crippen MR) is 147 cm³/mol. The van der Waals surface area contributed by atoms with Crippen LogP contribution in [0.25, 0.3) is 0 Å². The average Bonchev–Trinajstić information content (AvgIpc) is 3.58. The van der Waals surface area contributed by atoms with Crippen LogP contribution in [0.15, 0.2) is 48.5 Å². The Morgan fingerprint density at radius 3 is 1.80 bits per heavy atom. The lowest BCUT2D eigenvalue weighted by Crippen LogP contribution is -2.46. The first-order chi connectivity index (χ1) is 19.0. The molecule has 2 heterocycles. The van der Waals surface area contributed by atoms with E-state index in [2.05, 4.69) is 10.6 Å². The highest BCUT2D eigenvalue weighted by atomic mass is 16.6. The fourth-order valence-electron chi connectivity index (χ4n) is 5.00. The molecule has 0 unspecified atom stereocenters. The lowest BCUT2D eigenvalue weighted by Gasteiger charge is -2.28. The fraction of sp³-hybridized carbons (Fsp3) is 0.414. The Morgan fingerprint density at radius 1 is 0.775 bits per heavy atom. The van der Waals surface area contributed by atoms with Crippen LogP contribution in [0.4, 0.5) is 16.2 Å². The zero-order chi connectivity index (χ0) is 29.0. The molecule has 40 heavy (non-hydrogen) atoms. The van der Waals surface area contributed by atoms with E-state index in [1.165, 1.54) is 21.9 Å². The van der Waals surface area contributed by atoms with Crippen LogP contribution in [0.1, 0.15) is 67.2 Å². The number of ether oxygens (including phenoxy) is 1. The summed E-state index contributed by atoms with van der Waals surface area (Å²) in [6.07, 6.45) is 1.55. The molecule has 2 fully saturated rings. The molecule has 0 spiro atoms. The van der Waals surface area contributed by atoms with Crippen LogP contribution in [-0.4, -0.2) is 75.5 Å². The van der Waals surface area contributed by atoms with E-state index in [1.807, 2.05) is 0 Å². The summed E-state index contributed by atoms with van der Waals surface area (Å²) in [7, 11) is 0. The monoisotopic (exact) mass is 550 g/mol. The molecule has 11 heteroatoms. The van der Waals surface area contributed by atoms with E-state index in [-0.39, 0.29) is 22.5 Å². The molecule has 0 radical (unpaired) electrons. The van der Waals surface area contributed by atoms with Gasteiger partial charge in [0.15, 0.2) is 0 Å². The SMILES string of the molecule is CC(C)(C)OC(=O)N1CCC[C@H]1C(=O)Nc1ccccc1C(=O)N1CCC[C@H]1C(=O)Nc1ccccc1C(=O)O. The normalized spacial score (nSPS) is 18.8. The molecule has 2 aliphatic heterocycles. The van der Waals surface area contributed by atoms with Gasteiger partial charge in [0.1, 0.15) is 17.7 Å². The van der Waals surface area contributed by atoms with Crippen molar-refractivity contribution in [2.45, 2.75) is 64.1 Å². The lowest BCUT2D eigenvalue weighted by molar-refractivity contribution is -0.120. The topological polar surface area (TPSA) is 145 Å². The van der Waals surface area contributed by atoms with E-state index in [4.69, 9.17) is 4.74 Å². The third-order valence-corrected chi connectivity index (χ3v) is 6.83. The maximum atomic E-state index is 13.7. The van der Waals surface area contributed by atoms with Gasteiger partial charge in [-0.3, -0.25) is 19.3 Å². The maximum absolute atomic E-state index is 13.7. The molecule has 212 valence electrons. The van der Waals surface area contributed by atoms with Crippen molar-refractivity contribution in [3.63, 3.8) is 0 Å². The molecule has 4 rings (SSSR count). The molecule has 0 aromatic heterocycles. The van der Waals surface area contributed by atoms with Crippen LogP contribution in [0.3, 0.4) is 0 Å². The van der Waals surface area contributed by atoms with Crippen LogP contribution in [-0.2, 0) is 14.3 Å². The van der Waals surface area contributed by atoms with Gasteiger partial charge in [0.2, 0.25) is 11.8 Å². The molecule has 2 aromatic carbocycles. The number of carboxylic acids is 1. The van der Waals surface area contributed by atoms with Gasteiger partial charge < -0.3 is 25.4 Å². The number of carboxylic acid groups (broad SMARTS) is 1. The summed E-state index contributed by atoms with van der Waals surface area (Å²) in [5, 5.41) is 14.9. The molecule has 2 aromatic rings. The summed E-state index contributed by atoms with van der Waals surface area (Å²) < 4.78 is 5.45. The Kier molecular flexibility index (Phi) is 8.41. The van der Waals surface area contributed by atoms with Gasteiger partial charge in [0.25, 0.3) is 5.91 Å². The number of nitrogens with zero attached hydrogens (tertiary/aromatic N) is 2. The Labute approximate surface area is 232 Å². The van der Waals surface area contributed by atoms with Crippen LogP contribution in [0.5, 0.6) is 0 Å². The van der Waals surface area contributed by atoms with Crippen molar-refractivity contribution in [1.82, 2.24) is 9.80 Å². The smallest absolute Gasteiger partial charge is 0.410 e. The van der Waals surface area contributed by atoms with Crippen LogP contribution < -0.4 is 10.6 Å². The molecule has 3 N–H and O–H groups in total. The average molecular weight is 551 g/mol.